The first kappa shape index (κ1) is 23.1. The third-order valence-electron chi connectivity index (χ3n) is 4.49. The first-order valence-corrected chi connectivity index (χ1v) is 11.2. The molecule has 164 valence electrons. The molecule has 2 rings (SSSR count). The summed E-state index contributed by atoms with van der Waals surface area (Å²) in [5, 5.41) is 6.13. The van der Waals surface area contributed by atoms with E-state index in [4.69, 9.17) is 4.74 Å². The number of hydrogen-bond acceptors (Lipinski definition) is 5. The normalized spacial score (nSPS) is 18.1. The average Bonchev–Trinajstić information content (AvgIpc) is 3.13. The number of para-hydroxylation sites is 1. The van der Waals surface area contributed by atoms with Crippen LogP contribution in [0.4, 0.5) is 8.78 Å². The minimum absolute atomic E-state index is 0.0219. The lowest BCUT2D eigenvalue weighted by molar-refractivity contribution is -0.0520. The van der Waals surface area contributed by atoms with Gasteiger partial charge in [0.15, 0.2) is 17.5 Å². The van der Waals surface area contributed by atoms with Gasteiger partial charge in [-0.2, -0.15) is 13.1 Å². The topological polar surface area (TPSA) is 92.3 Å². The molecule has 0 unspecified atom stereocenters. The molecule has 1 heterocycles. The van der Waals surface area contributed by atoms with Crippen LogP contribution in [0.1, 0.15) is 25.3 Å². The Morgan fingerprint density at radius 2 is 2.14 bits per heavy atom. The molecule has 1 aliphatic heterocycles. The zero-order valence-electron chi connectivity index (χ0n) is 16.8. The second kappa shape index (κ2) is 10.6. The van der Waals surface area contributed by atoms with Gasteiger partial charge in [0, 0.05) is 38.3 Å². The van der Waals surface area contributed by atoms with E-state index in [9.17, 15) is 17.2 Å². The van der Waals surface area contributed by atoms with Gasteiger partial charge in [-0.3, -0.25) is 4.99 Å². The summed E-state index contributed by atoms with van der Waals surface area (Å²) in [4.78, 5) is 4.11. The maximum atomic E-state index is 12.8. The number of aliphatic imine (C=N–C) groups is 1. The Bertz CT molecular complexity index is 805. The van der Waals surface area contributed by atoms with E-state index < -0.39 is 16.6 Å². The van der Waals surface area contributed by atoms with Gasteiger partial charge in [-0.1, -0.05) is 12.1 Å². The molecule has 8 nitrogen and oxygen atoms in total. The Labute approximate surface area is 170 Å². The minimum Gasteiger partial charge on any atom is -0.490 e. The monoisotopic (exact) mass is 434 g/mol. The van der Waals surface area contributed by atoms with Crippen LogP contribution in [0.3, 0.4) is 0 Å². The molecule has 11 heteroatoms. The van der Waals surface area contributed by atoms with Gasteiger partial charge in [-0.05, 0) is 25.8 Å². The molecule has 1 fully saturated rings. The number of sulfonamides is 1. The smallest absolute Gasteiger partial charge is 0.387 e. The molecule has 29 heavy (non-hydrogen) atoms. The predicted octanol–water partition coefficient (Wildman–Crippen LogP) is 1.78. The highest BCUT2D eigenvalue weighted by Crippen LogP contribution is 2.32. The van der Waals surface area contributed by atoms with Gasteiger partial charge in [0.05, 0.1) is 12.9 Å². The Morgan fingerprint density at radius 3 is 2.76 bits per heavy atom. The lowest BCUT2D eigenvalue weighted by Gasteiger charge is -2.23. The molecule has 0 amide bonds. The van der Waals surface area contributed by atoms with Crippen LogP contribution < -0.4 is 20.1 Å². The molecular formula is C18H28F2N4O4S. The zero-order valence-corrected chi connectivity index (χ0v) is 17.6. The van der Waals surface area contributed by atoms with Crippen LogP contribution in [0.2, 0.25) is 0 Å². The van der Waals surface area contributed by atoms with Crippen molar-refractivity contribution in [3.63, 3.8) is 0 Å². The predicted molar refractivity (Wildman–Crippen MR) is 107 cm³/mol. The SMILES string of the molecule is CCOc1cccc(CNC(=NC)NC[C@H]2CCCN2S(C)(=O)=O)c1OC(F)F. The molecule has 0 bridgehead atoms. The molecule has 0 saturated carbocycles. The van der Waals surface area contributed by atoms with Gasteiger partial charge in [0.1, 0.15) is 0 Å². The third-order valence-corrected chi connectivity index (χ3v) is 5.82. The zero-order chi connectivity index (χ0) is 21.4. The number of halogens is 2. The highest BCUT2D eigenvalue weighted by molar-refractivity contribution is 7.88. The summed E-state index contributed by atoms with van der Waals surface area (Å²) in [5.74, 6) is 0.645. The molecule has 1 atom stereocenters. The van der Waals surface area contributed by atoms with E-state index in [2.05, 4.69) is 20.4 Å². The van der Waals surface area contributed by atoms with E-state index in [0.717, 1.165) is 12.8 Å². The molecule has 1 aromatic carbocycles. The number of benzene rings is 1. The minimum atomic E-state index is -3.26. The maximum Gasteiger partial charge on any atom is 0.387 e. The number of hydrogen-bond donors (Lipinski definition) is 2. The summed E-state index contributed by atoms with van der Waals surface area (Å²) in [6.07, 6.45) is 2.78. The second-order valence-electron chi connectivity index (χ2n) is 6.53. The number of nitrogens with zero attached hydrogens (tertiary/aromatic N) is 2. The van der Waals surface area contributed by atoms with E-state index >= 15 is 0 Å². The summed E-state index contributed by atoms with van der Waals surface area (Å²) in [6, 6.07) is 4.77. The Kier molecular flexibility index (Phi) is 8.45. The van der Waals surface area contributed by atoms with E-state index in [-0.39, 0.29) is 24.1 Å². The molecule has 1 saturated heterocycles. The van der Waals surface area contributed by atoms with Gasteiger partial charge in [0.2, 0.25) is 10.0 Å². The fraction of sp³-hybridized carbons (Fsp3) is 0.611. The third kappa shape index (κ3) is 6.70. The lowest BCUT2D eigenvalue weighted by Crippen LogP contribution is -2.46. The van der Waals surface area contributed by atoms with Crippen LogP contribution in [0.25, 0.3) is 0 Å². The molecule has 2 N–H and O–H groups in total. The summed E-state index contributed by atoms with van der Waals surface area (Å²) < 4.78 is 60.8. The van der Waals surface area contributed by atoms with E-state index in [0.29, 0.717) is 31.2 Å². The molecule has 0 aromatic heterocycles. The van der Waals surface area contributed by atoms with Crippen molar-refractivity contribution in [2.45, 2.75) is 39.0 Å². The van der Waals surface area contributed by atoms with Crippen molar-refractivity contribution in [2.75, 3.05) is 33.0 Å². The first-order chi connectivity index (χ1) is 13.8. The molecule has 1 aromatic rings. The maximum absolute atomic E-state index is 12.8. The Morgan fingerprint density at radius 1 is 1.38 bits per heavy atom. The summed E-state index contributed by atoms with van der Waals surface area (Å²) in [5.41, 5.74) is 0.484. The molecule has 0 aliphatic carbocycles. The number of nitrogens with one attached hydrogen (secondary N) is 2. The summed E-state index contributed by atoms with van der Waals surface area (Å²) in [6.45, 7) is 0.173. The van der Waals surface area contributed by atoms with Crippen LogP contribution >= 0.6 is 0 Å². The lowest BCUT2D eigenvalue weighted by atomic mass is 10.2. The quantitative estimate of drug-likeness (QED) is 0.455. The number of alkyl halides is 2. The van der Waals surface area contributed by atoms with E-state index in [1.54, 1.807) is 32.2 Å². The fourth-order valence-corrected chi connectivity index (χ4v) is 4.44. The standard InChI is InChI=1S/C18H28F2N4O4S/c1-4-27-15-9-5-7-13(16(15)28-17(19)20)11-22-18(21-2)23-12-14-8-6-10-24(14)29(3,25)26/h5,7,9,14,17H,4,6,8,10-12H2,1-3H3,(H2,21,22,23)/t14-/m1/s1. The largest absolute Gasteiger partial charge is 0.490 e. The number of ether oxygens (including phenoxy) is 2. The van der Waals surface area contributed by atoms with Crippen molar-refractivity contribution in [3.8, 4) is 11.5 Å². The number of guanidine groups is 1. The molecule has 1 aliphatic rings. The van der Waals surface area contributed by atoms with Crippen molar-refractivity contribution < 1.29 is 26.7 Å². The van der Waals surface area contributed by atoms with Crippen molar-refractivity contribution >= 4 is 16.0 Å². The Balaban J connectivity index is 2.01. The first-order valence-electron chi connectivity index (χ1n) is 9.37. The molecule has 0 radical (unpaired) electrons. The fourth-order valence-electron chi connectivity index (χ4n) is 3.26. The molecular weight excluding hydrogens is 406 g/mol. The van der Waals surface area contributed by atoms with Gasteiger partial charge >= 0.3 is 6.61 Å². The van der Waals surface area contributed by atoms with Gasteiger partial charge in [0.25, 0.3) is 0 Å². The van der Waals surface area contributed by atoms with Crippen LogP contribution in [0.5, 0.6) is 11.5 Å². The van der Waals surface area contributed by atoms with Gasteiger partial charge in [-0.15, -0.1) is 0 Å². The van der Waals surface area contributed by atoms with E-state index in [1.807, 2.05) is 0 Å². The van der Waals surface area contributed by atoms with Crippen LogP contribution in [0.15, 0.2) is 23.2 Å². The average molecular weight is 435 g/mol. The van der Waals surface area contributed by atoms with Crippen molar-refractivity contribution in [1.82, 2.24) is 14.9 Å². The second-order valence-corrected chi connectivity index (χ2v) is 8.47. The van der Waals surface area contributed by atoms with Crippen LogP contribution in [0, 0.1) is 0 Å². The van der Waals surface area contributed by atoms with Gasteiger partial charge < -0.3 is 20.1 Å². The summed E-state index contributed by atoms with van der Waals surface area (Å²) in [7, 11) is -1.68. The summed E-state index contributed by atoms with van der Waals surface area (Å²) >= 11 is 0. The number of rotatable bonds is 9. The van der Waals surface area contributed by atoms with Crippen molar-refractivity contribution in [3.05, 3.63) is 23.8 Å². The van der Waals surface area contributed by atoms with Crippen LogP contribution in [-0.4, -0.2) is 64.3 Å². The van der Waals surface area contributed by atoms with Gasteiger partial charge in [-0.25, -0.2) is 8.42 Å². The van der Waals surface area contributed by atoms with Crippen molar-refractivity contribution in [2.24, 2.45) is 4.99 Å². The molecule has 0 spiro atoms. The highest BCUT2D eigenvalue weighted by atomic mass is 32.2. The van der Waals surface area contributed by atoms with Crippen molar-refractivity contribution in [1.29, 1.82) is 0 Å². The van der Waals surface area contributed by atoms with Crippen LogP contribution in [-0.2, 0) is 16.6 Å². The highest BCUT2D eigenvalue weighted by Gasteiger charge is 2.31. The Hall–Kier alpha value is -2.14. The van der Waals surface area contributed by atoms with E-state index in [1.165, 1.54) is 10.6 Å².